The number of carbonyl (C=O) groups excluding carboxylic acids is 1. The van der Waals surface area contributed by atoms with E-state index in [9.17, 15) is 4.79 Å². The van der Waals surface area contributed by atoms with Gasteiger partial charge in [-0.2, -0.15) is 0 Å². The maximum Gasteiger partial charge on any atom is 0.328 e. The van der Waals surface area contributed by atoms with Crippen molar-refractivity contribution >= 4 is 5.97 Å². The molecule has 0 atom stereocenters. The van der Waals surface area contributed by atoms with Crippen LogP contribution in [0.25, 0.3) is 0 Å². The molecule has 0 saturated heterocycles. The van der Waals surface area contributed by atoms with Gasteiger partial charge in [0, 0.05) is 20.3 Å². The fourth-order valence-electron chi connectivity index (χ4n) is 0.882. The summed E-state index contributed by atoms with van der Waals surface area (Å²) in [6.07, 6.45) is 0.961. The number of nitrogens with one attached hydrogen (secondary N) is 1. The summed E-state index contributed by atoms with van der Waals surface area (Å²) >= 11 is 0. The van der Waals surface area contributed by atoms with Crippen LogP contribution >= 0.6 is 0 Å². The molecule has 0 heterocycles. The minimum absolute atomic E-state index is 0.175. The van der Waals surface area contributed by atoms with E-state index in [1.165, 1.54) is 0 Å². The lowest BCUT2D eigenvalue weighted by Crippen LogP contribution is -2.26. The van der Waals surface area contributed by atoms with Crippen molar-refractivity contribution < 1.29 is 23.8 Å². The Labute approximate surface area is 95.1 Å². The maximum atomic E-state index is 10.8. The van der Waals surface area contributed by atoms with E-state index in [0.717, 1.165) is 6.42 Å². The second-order valence-electron chi connectivity index (χ2n) is 2.91. The Kier molecular flexibility index (Phi) is 11.8. The highest BCUT2D eigenvalue weighted by molar-refractivity contribution is 5.69. The van der Waals surface area contributed by atoms with Crippen LogP contribution in [0.5, 0.6) is 0 Å². The molecule has 0 fully saturated rings. The largest absolute Gasteiger partial charge is 0.382 e. The van der Waals surface area contributed by atoms with Crippen LogP contribution in [-0.2, 0) is 23.8 Å². The Morgan fingerprint density at radius 1 is 1.12 bits per heavy atom. The summed E-state index contributed by atoms with van der Waals surface area (Å²) in [4.78, 5) is 15.1. The van der Waals surface area contributed by atoms with Gasteiger partial charge in [0.25, 0.3) is 0 Å². The first-order valence-corrected chi connectivity index (χ1v) is 5.11. The summed E-state index contributed by atoms with van der Waals surface area (Å²) in [6.45, 7) is 2.68. The van der Waals surface area contributed by atoms with Gasteiger partial charge >= 0.3 is 5.97 Å². The van der Waals surface area contributed by atoms with Gasteiger partial charge in [-0.1, -0.05) is 5.59 Å². The van der Waals surface area contributed by atoms with Crippen molar-refractivity contribution in [3.63, 3.8) is 0 Å². The third kappa shape index (κ3) is 11.3. The first-order chi connectivity index (χ1) is 7.81. The molecule has 3 N–H and O–H groups in total. The molecule has 0 spiro atoms. The normalized spacial score (nSPS) is 10.4. The molecule has 0 bridgehead atoms. The molecular formula is C9H20N2O5. The topological polar surface area (TPSA) is 92.0 Å². The van der Waals surface area contributed by atoms with Gasteiger partial charge in [-0.25, -0.2) is 5.84 Å². The Balaban J connectivity index is 3.01. The van der Waals surface area contributed by atoms with Crippen LogP contribution in [0, 0.1) is 0 Å². The van der Waals surface area contributed by atoms with Crippen molar-refractivity contribution in [3.05, 3.63) is 0 Å². The SMILES string of the molecule is COCCOCCCOCCC(=O)ONN. The van der Waals surface area contributed by atoms with E-state index in [1.807, 2.05) is 5.59 Å². The molecule has 0 aliphatic carbocycles. The molecule has 0 radical (unpaired) electrons. The Morgan fingerprint density at radius 2 is 1.81 bits per heavy atom. The summed E-state index contributed by atoms with van der Waals surface area (Å²) in [7, 11) is 1.63. The van der Waals surface area contributed by atoms with Gasteiger partial charge in [0.2, 0.25) is 0 Å². The third-order valence-corrected chi connectivity index (χ3v) is 1.63. The van der Waals surface area contributed by atoms with E-state index in [0.29, 0.717) is 33.0 Å². The minimum atomic E-state index is -0.446. The van der Waals surface area contributed by atoms with Gasteiger partial charge in [0.15, 0.2) is 0 Å². The van der Waals surface area contributed by atoms with E-state index >= 15 is 0 Å². The second-order valence-corrected chi connectivity index (χ2v) is 2.91. The molecule has 0 aromatic heterocycles. The third-order valence-electron chi connectivity index (χ3n) is 1.63. The monoisotopic (exact) mass is 236 g/mol. The highest BCUT2D eigenvalue weighted by Crippen LogP contribution is 1.89. The van der Waals surface area contributed by atoms with Gasteiger partial charge < -0.3 is 19.0 Å². The van der Waals surface area contributed by atoms with E-state index < -0.39 is 5.97 Å². The van der Waals surface area contributed by atoms with Crippen molar-refractivity contribution in [1.82, 2.24) is 5.59 Å². The molecule has 16 heavy (non-hydrogen) atoms. The van der Waals surface area contributed by atoms with Gasteiger partial charge in [-0.05, 0) is 6.42 Å². The maximum absolute atomic E-state index is 10.8. The second kappa shape index (κ2) is 12.3. The number of hydrogen-bond acceptors (Lipinski definition) is 7. The summed E-state index contributed by atoms with van der Waals surface area (Å²) in [5.41, 5.74) is 1.81. The predicted molar refractivity (Wildman–Crippen MR) is 56.2 cm³/mol. The minimum Gasteiger partial charge on any atom is -0.382 e. The fourth-order valence-corrected chi connectivity index (χ4v) is 0.882. The number of carbonyl (C=O) groups is 1. The first-order valence-electron chi connectivity index (χ1n) is 5.11. The van der Waals surface area contributed by atoms with Crippen LogP contribution in [0.3, 0.4) is 0 Å². The molecule has 0 unspecified atom stereocenters. The van der Waals surface area contributed by atoms with E-state index in [4.69, 9.17) is 20.1 Å². The number of rotatable bonds is 11. The fraction of sp³-hybridized carbons (Fsp3) is 0.889. The molecule has 0 saturated carbocycles. The number of ether oxygens (including phenoxy) is 3. The summed E-state index contributed by atoms with van der Waals surface area (Å²) in [5, 5.41) is 0. The lowest BCUT2D eigenvalue weighted by Gasteiger charge is -2.05. The number of hydrazine groups is 1. The van der Waals surface area contributed by atoms with Crippen LogP contribution in [0.2, 0.25) is 0 Å². The molecule has 0 rings (SSSR count). The highest BCUT2D eigenvalue weighted by Gasteiger charge is 2.01. The molecule has 0 aromatic rings. The molecular weight excluding hydrogens is 216 g/mol. The van der Waals surface area contributed by atoms with E-state index in [2.05, 4.69) is 4.84 Å². The average molecular weight is 236 g/mol. The smallest absolute Gasteiger partial charge is 0.328 e. The number of nitrogens with two attached hydrogens (primary N) is 1. The van der Waals surface area contributed by atoms with Crippen LogP contribution in [-0.4, -0.2) is 46.1 Å². The van der Waals surface area contributed by atoms with Gasteiger partial charge in [-0.15, -0.1) is 0 Å². The Hall–Kier alpha value is -0.730. The van der Waals surface area contributed by atoms with Crippen LogP contribution in [0.15, 0.2) is 0 Å². The average Bonchev–Trinajstić information content (AvgIpc) is 2.27. The zero-order valence-electron chi connectivity index (χ0n) is 9.57. The van der Waals surface area contributed by atoms with Crippen molar-refractivity contribution in [2.75, 3.05) is 40.1 Å². The predicted octanol–water partition coefficient (Wildman–Crippen LogP) is -0.632. The number of methoxy groups -OCH3 is 1. The van der Waals surface area contributed by atoms with Crippen molar-refractivity contribution in [1.29, 1.82) is 0 Å². The molecule has 7 heteroatoms. The lowest BCUT2D eigenvalue weighted by molar-refractivity contribution is -0.152. The standard InChI is InChI=1S/C9H20N2O5/c1-13-7-8-15-5-2-4-14-6-3-9(12)16-11-10/h11H,2-8,10H2,1H3. The Morgan fingerprint density at radius 3 is 2.44 bits per heavy atom. The molecule has 7 nitrogen and oxygen atoms in total. The summed E-state index contributed by atoms with van der Waals surface area (Å²) in [6, 6.07) is 0. The molecule has 96 valence electrons. The van der Waals surface area contributed by atoms with Gasteiger partial charge in [0.05, 0.1) is 26.2 Å². The molecule has 0 aromatic carbocycles. The van der Waals surface area contributed by atoms with Crippen molar-refractivity contribution in [2.24, 2.45) is 5.84 Å². The zero-order chi connectivity index (χ0) is 12.1. The zero-order valence-corrected chi connectivity index (χ0v) is 9.57. The molecule has 0 aliphatic rings. The quantitative estimate of drug-likeness (QED) is 0.280. The van der Waals surface area contributed by atoms with Crippen LogP contribution in [0.4, 0.5) is 0 Å². The summed E-state index contributed by atoms with van der Waals surface area (Å²) in [5.74, 6) is 4.33. The lowest BCUT2D eigenvalue weighted by atomic mass is 10.4. The van der Waals surface area contributed by atoms with Crippen molar-refractivity contribution in [3.8, 4) is 0 Å². The Bertz CT molecular complexity index is 168. The highest BCUT2D eigenvalue weighted by atomic mass is 16.7. The van der Waals surface area contributed by atoms with Gasteiger partial charge in [-0.3, -0.25) is 4.79 Å². The molecule has 0 aliphatic heterocycles. The van der Waals surface area contributed by atoms with Crippen LogP contribution < -0.4 is 11.4 Å². The molecule has 0 amide bonds. The van der Waals surface area contributed by atoms with Gasteiger partial charge in [0.1, 0.15) is 0 Å². The number of hydrogen-bond donors (Lipinski definition) is 2. The van der Waals surface area contributed by atoms with Crippen molar-refractivity contribution in [2.45, 2.75) is 12.8 Å². The van der Waals surface area contributed by atoms with Crippen LogP contribution in [0.1, 0.15) is 12.8 Å². The van der Waals surface area contributed by atoms with E-state index in [-0.39, 0.29) is 6.42 Å². The summed E-state index contributed by atoms with van der Waals surface area (Å²) < 4.78 is 15.2. The first kappa shape index (κ1) is 15.3. The van der Waals surface area contributed by atoms with E-state index in [1.54, 1.807) is 7.11 Å².